The molecule has 1 aliphatic heterocycles. The molecule has 2 rings (SSSR count). The Bertz CT molecular complexity index is 424. The molecule has 0 saturated carbocycles. The van der Waals surface area contributed by atoms with Gasteiger partial charge in [0.05, 0.1) is 0 Å². The molecule has 100 valence electrons. The standard InChI is InChI=1S/C14H20ClFN2/c1-9-8-18(10(2)7-17-9)11(3)13-5-4-12(16)6-14(13)15/h4-6,9-11,17H,7-8H2,1-3H3. The lowest BCUT2D eigenvalue weighted by Gasteiger charge is -2.41. The van der Waals surface area contributed by atoms with Gasteiger partial charge >= 0.3 is 0 Å². The van der Waals surface area contributed by atoms with Crippen LogP contribution in [0.15, 0.2) is 18.2 Å². The molecule has 1 saturated heterocycles. The Morgan fingerprint density at radius 1 is 1.44 bits per heavy atom. The highest BCUT2D eigenvalue weighted by Crippen LogP contribution is 2.30. The molecule has 2 nitrogen and oxygen atoms in total. The summed E-state index contributed by atoms with van der Waals surface area (Å²) in [6, 6.07) is 5.80. The molecule has 1 aromatic rings. The summed E-state index contributed by atoms with van der Waals surface area (Å²) < 4.78 is 13.1. The third kappa shape index (κ3) is 2.85. The van der Waals surface area contributed by atoms with Gasteiger partial charge < -0.3 is 5.32 Å². The molecule has 0 amide bonds. The van der Waals surface area contributed by atoms with Gasteiger partial charge in [0.1, 0.15) is 5.82 Å². The Hall–Kier alpha value is -0.640. The van der Waals surface area contributed by atoms with E-state index in [2.05, 4.69) is 31.0 Å². The number of hydrogen-bond acceptors (Lipinski definition) is 2. The van der Waals surface area contributed by atoms with E-state index in [-0.39, 0.29) is 11.9 Å². The van der Waals surface area contributed by atoms with Gasteiger partial charge in [-0.2, -0.15) is 0 Å². The third-order valence-corrected chi connectivity index (χ3v) is 4.05. The summed E-state index contributed by atoms with van der Waals surface area (Å²) in [4.78, 5) is 2.42. The van der Waals surface area contributed by atoms with E-state index in [9.17, 15) is 4.39 Å². The average molecular weight is 271 g/mol. The molecule has 3 unspecified atom stereocenters. The molecule has 0 aromatic heterocycles. The first-order valence-corrected chi connectivity index (χ1v) is 6.81. The van der Waals surface area contributed by atoms with Crippen LogP contribution in [0.4, 0.5) is 4.39 Å². The first-order valence-electron chi connectivity index (χ1n) is 6.43. The maximum Gasteiger partial charge on any atom is 0.124 e. The van der Waals surface area contributed by atoms with Crippen LogP contribution in [0.1, 0.15) is 32.4 Å². The predicted molar refractivity (Wildman–Crippen MR) is 73.5 cm³/mol. The van der Waals surface area contributed by atoms with Gasteiger partial charge in [-0.3, -0.25) is 4.90 Å². The smallest absolute Gasteiger partial charge is 0.124 e. The van der Waals surface area contributed by atoms with Crippen molar-refractivity contribution in [3.05, 3.63) is 34.6 Å². The summed E-state index contributed by atoms with van der Waals surface area (Å²) in [6.45, 7) is 8.47. The molecule has 1 fully saturated rings. The molecule has 4 heteroatoms. The maximum atomic E-state index is 13.1. The Morgan fingerprint density at radius 3 is 2.83 bits per heavy atom. The van der Waals surface area contributed by atoms with E-state index in [1.54, 1.807) is 6.07 Å². The Labute approximate surface area is 113 Å². The Balaban J connectivity index is 2.21. The fourth-order valence-corrected chi connectivity index (χ4v) is 2.93. The van der Waals surface area contributed by atoms with Crippen LogP contribution in [-0.2, 0) is 0 Å². The maximum absolute atomic E-state index is 13.1. The fourth-order valence-electron chi connectivity index (χ4n) is 2.61. The van der Waals surface area contributed by atoms with Crippen molar-refractivity contribution < 1.29 is 4.39 Å². The van der Waals surface area contributed by atoms with Gasteiger partial charge in [-0.1, -0.05) is 17.7 Å². The van der Waals surface area contributed by atoms with Gasteiger partial charge in [-0.25, -0.2) is 4.39 Å². The molecule has 18 heavy (non-hydrogen) atoms. The molecule has 0 spiro atoms. The largest absolute Gasteiger partial charge is 0.311 e. The summed E-state index contributed by atoms with van der Waals surface area (Å²) in [5, 5.41) is 3.97. The quantitative estimate of drug-likeness (QED) is 0.888. The number of halogens is 2. The van der Waals surface area contributed by atoms with Gasteiger partial charge in [0.25, 0.3) is 0 Å². The zero-order valence-corrected chi connectivity index (χ0v) is 11.8. The normalized spacial score (nSPS) is 27.2. The summed E-state index contributed by atoms with van der Waals surface area (Å²) in [5.74, 6) is -0.280. The summed E-state index contributed by atoms with van der Waals surface area (Å²) in [6.07, 6.45) is 0. The molecule has 1 N–H and O–H groups in total. The topological polar surface area (TPSA) is 15.3 Å². The van der Waals surface area contributed by atoms with Crippen LogP contribution in [0.5, 0.6) is 0 Å². The summed E-state index contributed by atoms with van der Waals surface area (Å²) >= 11 is 6.15. The molecule has 1 aliphatic rings. The van der Waals surface area contributed by atoms with Crippen molar-refractivity contribution in [3.63, 3.8) is 0 Å². The first kappa shape index (κ1) is 13.8. The van der Waals surface area contributed by atoms with E-state index in [0.29, 0.717) is 17.1 Å². The van der Waals surface area contributed by atoms with Gasteiger partial charge in [-0.15, -0.1) is 0 Å². The van der Waals surface area contributed by atoms with Crippen LogP contribution in [0.25, 0.3) is 0 Å². The van der Waals surface area contributed by atoms with E-state index >= 15 is 0 Å². The van der Waals surface area contributed by atoms with Crippen molar-refractivity contribution in [2.24, 2.45) is 0 Å². The highest BCUT2D eigenvalue weighted by atomic mass is 35.5. The lowest BCUT2D eigenvalue weighted by atomic mass is 10.0. The second-order valence-electron chi connectivity index (χ2n) is 5.20. The number of hydrogen-bond donors (Lipinski definition) is 1. The molecule has 1 aromatic carbocycles. The van der Waals surface area contributed by atoms with E-state index < -0.39 is 0 Å². The lowest BCUT2D eigenvalue weighted by molar-refractivity contribution is 0.103. The van der Waals surface area contributed by atoms with Gasteiger partial charge in [0.15, 0.2) is 0 Å². The van der Waals surface area contributed by atoms with E-state index in [1.165, 1.54) is 12.1 Å². The SMILES string of the molecule is CC1CN(C(C)c2ccc(F)cc2Cl)C(C)CN1. The number of nitrogens with one attached hydrogen (secondary N) is 1. The zero-order valence-electron chi connectivity index (χ0n) is 11.1. The van der Waals surface area contributed by atoms with Crippen LogP contribution in [0.3, 0.4) is 0 Å². The monoisotopic (exact) mass is 270 g/mol. The van der Waals surface area contributed by atoms with Gasteiger partial charge in [-0.05, 0) is 38.5 Å². The highest BCUT2D eigenvalue weighted by Gasteiger charge is 2.28. The molecule has 1 heterocycles. The number of piperazine rings is 1. The van der Waals surface area contributed by atoms with E-state index in [1.807, 2.05) is 0 Å². The van der Waals surface area contributed by atoms with Crippen LogP contribution in [0, 0.1) is 5.82 Å². The minimum Gasteiger partial charge on any atom is -0.311 e. The van der Waals surface area contributed by atoms with Crippen molar-refractivity contribution in [2.75, 3.05) is 13.1 Å². The highest BCUT2D eigenvalue weighted by molar-refractivity contribution is 6.31. The summed E-state index contributed by atoms with van der Waals surface area (Å²) in [5.41, 5.74) is 0.999. The molecule has 0 bridgehead atoms. The van der Waals surface area contributed by atoms with Crippen molar-refractivity contribution in [3.8, 4) is 0 Å². The van der Waals surface area contributed by atoms with Crippen LogP contribution < -0.4 is 5.32 Å². The second-order valence-corrected chi connectivity index (χ2v) is 5.60. The van der Waals surface area contributed by atoms with Gasteiger partial charge in [0, 0.05) is 36.2 Å². The molecular weight excluding hydrogens is 251 g/mol. The second kappa shape index (κ2) is 5.55. The zero-order chi connectivity index (χ0) is 13.3. The lowest BCUT2D eigenvalue weighted by Crippen LogP contribution is -2.54. The first-order chi connectivity index (χ1) is 8.49. The molecule has 3 atom stereocenters. The number of rotatable bonds is 2. The fraction of sp³-hybridized carbons (Fsp3) is 0.571. The summed E-state index contributed by atoms with van der Waals surface area (Å²) in [7, 11) is 0. The van der Waals surface area contributed by atoms with Crippen molar-refractivity contribution in [1.82, 2.24) is 10.2 Å². The predicted octanol–water partition coefficient (Wildman–Crippen LogP) is 3.22. The average Bonchev–Trinajstić information content (AvgIpc) is 2.31. The molecule has 0 aliphatic carbocycles. The minimum absolute atomic E-state index is 0.206. The third-order valence-electron chi connectivity index (χ3n) is 3.72. The van der Waals surface area contributed by atoms with Crippen molar-refractivity contribution >= 4 is 11.6 Å². The van der Waals surface area contributed by atoms with E-state index in [4.69, 9.17) is 11.6 Å². The van der Waals surface area contributed by atoms with Crippen molar-refractivity contribution in [1.29, 1.82) is 0 Å². The minimum atomic E-state index is -0.280. The Kier molecular flexibility index (Phi) is 4.25. The van der Waals surface area contributed by atoms with Gasteiger partial charge in [0.2, 0.25) is 0 Å². The molecular formula is C14H20ClFN2. The van der Waals surface area contributed by atoms with Crippen LogP contribution >= 0.6 is 11.6 Å². The van der Waals surface area contributed by atoms with Crippen LogP contribution in [0.2, 0.25) is 5.02 Å². The number of benzene rings is 1. The van der Waals surface area contributed by atoms with Crippen LogP contribution in [-0.4, -0.2) is 30.1 Å². The Morgan fingerprint density at radius 2 is 2.17 bits per heavy atom. The van der Waals surface area contributed by atoms with E-state index in [0.717, 1.165) is 18.7 Å². The molecule has 0 radical (unpaired) electrons. The number of nitrogens with zero attached hydrogens (tertiary/aromatic N) is 1. The van der Waals surface area contributed by atoms with Crippen molar-refractivity contribution in [2.45, 2.75) is 38.9 Å².